The molecular formula is C7H8N4. The summed E-state index contributed by atoms with van der Waals surface area (Å²) < 4.78 is 0. The van der Waals surface area contributed by atoms with Crippen LogP contribution in [-0.2, 0) is 0 Å². The van der Waals surface area contributed by atoms with E-state index in [1.165, 1.54) is 0 Å². The molecule has 0 fully saturated rings. The van der Waals surface area contributed by atoms with Crippen LogP contribution >= 0.6 is 0 Å². The molecule has 0 aromatic rings. The fraction of sp³-hybridized carbons (Fsp3) is 0.429. The van der Waals surface area contributed by atoms with E-state index in [0.29, 0.717) is 0 Å². The van der Waals surface area contributed by atoms with E-state index in [0.717, 1.165) is 5.71 Å². The summed E-state index contributed by atoms with van der Waals surface area (Å²) in [6.45, 7) is 1.91. The van der Waals surface area contributed by atoms with Gasteiger partial charge in [-0.2, -0.15) is 0 Å². The Morgan fingerprint density at radius 1 is 1.09 bits per heavy atom. The van der Waals surface area contributed by atoms with Crippen molar-refractivity contribution in [2.75, 3.05) is 0 Å². The summed E-state index contributed by atoms with van der Waals surface area (Å²) in [5.41, 5.74) is 0.917. The molecule has 2 heterocycles. The Hall–Kier alpha value is -1.32. The van der Waals surface area contributed by atoms with Crippen LogP contribution in [0.2, 0.25) is 0 Å². The zero-order valence-electron chi connectivity index (χ0n) is 6.18. The maximum absolute atomic E-state index is 4.26. The molecule has 0 aromatic heterocycles. The second-order valence-electron chi connectivity index (χ2n) is 2.47. The summed E-state index contributed by atoms with van der Waals surface area (Å²) in [7, 11) is 0. The van der Waals surface area contributed by atoms with Gasteiger partial charge in [0.15, 0.2) is 12.3 Å². The lowest BCUT2D eigenvalue weighted by molar-refractivity contribution is 0.565. The SMILES string of the molecule is CC1=NC2N=CC=NC2N=C1. The van der Waals surface area contributed by atoms with Crippen molar-refractivity contribution in [3.05, 3.63) is 0 Å². The van der Waals surface area contributed by atoms with Gasteiger partial charge in [0.25, 0.3) is 0 Å². The van der Waals surface area contributed by atoms with Gasteiger partial charge >= 0.3 is 0 Å². The first-order valence-electron chi connectivity index (χ1n) is 3.49. The van der Waals surface area contributed by atoms with Gasteiger partial charge in [0.05, 0.1) is 5.71 Å². The highest BCUT2D eigenvalue weighted by molar-refractivity contribution is 6.30. The molecule has 56 valence electrons. The third kappa shape index (κ3) is 1.11. The van der Waals surface area contributed by atoms with E-state index < -0.39 is 0 Å². The minimum absolute atomic E-state index is 0.106. The summed E-state index contributed by atoms with van der Waals surface area (Å²) in [5.74, 6) is 0. The smallest absolute Gasteiger partial charge is 0.181 e. The average molecular weight is 148 g/mol. The van der Waals surface area contributed by atoms with Crippen LogP contribution in [0.5, 0.6) is 0 Å². The van der Waals surface area contributed by atoms with Crippen LogP contribution in [-0.4, -0.2) is 36.7 Å². The number of rotatable bonds is 0. The molecule has 2 aliphatic rings. The van der Waals surface area contributed by atoms with Gasteiger partial charge < -0.3 is 0 Å². The fourth-order valence-corrected chi connectivity index (χ4v) is 1.05. The molecule has 2 unspecified atom stereocenters. The van der Waals surface area contributed by atoms with Crippen LogP contribution in [0, 0.1) is 0 Å². The monoisotopic (exact) mass is 148 g/mol. The summed E-state index contributed by atoms with van der Waals surface area (Å²) >= 11 is 0. The highest BCUT2D eigenvalue weighted by Crippen LogP contribution is 2.12. The molecular weight excluding hydrogens is 140 g/mol. The van der Waals surface area contributed by atoms with E-state index in [9.17, 15) is 0 Å². The lowest BCUT2D eigenvalue weighted by Gasteiger charge is -2.18. The largest absolute Gasteiger partial charge is 0.260 e. The standard InChI is InChI=1S/C7H8N4/c1-5-4-10-6-7(11-5)9-3-2-8-6/h2-4,6-7H,1H3. The van der Waals surface area contributed by atoms with Crippen molar-refractivity contribution >= 4 is 24.4 Å². The van der Waals surface area contributed by atoms with Gasteiger partial charge in [0.1, 0.15) is 0 Å². The Morgan fingerprint density at radius 3 is 2.64 bits per heavy atom. The van der Waals surface area contributed by atoms with Crippen molar-refractivity contribution in [3.63, 3.8) is 0 Å². The topological polar surface area (TPSA) is 49.4 Å². The van der Waals surface area contributed by atoms with E-state index in [4.69, 9.17) is 0 Å². The zero-order valence-corrected chi connectivity index (χ0v) is 6.18. The third-order valence-corrected chi connectivity index (χ3v) is 1.56. The number of aliphatic imine (C=N–C) groups is 4. The van der Waals surface area contributed by atoms with Crippen molar-refractivity contribution in [2.45, 2.75) is 19.3 Å². The number of hydrogen-bond donors (Lipinski definition) is 0. The van der Waals surface area contributed by atoms with Crippen molar-refractivity contribution < 1.29 is 0 Å². The normalized spacial score (nSPS) is 33.4. The molecule has 0 aliphatic carbocycles. The first-order valence-corrected chi connectivity index (χ1v) is 3.49. The first kappa shape index (κ1) is 6.39. The maximum Gasteiger partial charge on any atom is 0.181 e. The molecule has 2 rings (SSSR count). The molecule has 0 saturated heterocycles. The highest BCUT2D eigenvalue weighted by Gasteiger charge is 2.20. The van der Waals surface area contributed by atoms with Crippen LogP contribution < -0.4 is 0 Å². The maximum atomic E-state index is 4.26. The van der Waals surface area contributed by atoms with Crippen LogP contribution in [0.15, 0.2) is 20.0 Å². The molecule has 11 heavy (non-hydrogen) atoms. The second-order valence-corrected chi connectivity index (χ2v) is 2.47. The molecule has 0 radical (unpaired) electrons. The Bertz CT molecular complexity index is 274. The van der Waals surface area contributed by atoms with Gasteiger partial charge in [-0.05, 0) is 6.92 Å². The van der Waals surface area contributed by atoms with Crippen molar-refractivity contribution in [2.24, 2.45) is 20.0 Å². The molecule has 2 aliphatic heterocycles. The van der Waals surface area contributed by atoms with Gasteiger partial charge in [0, 0.05) is 18.6 Å². The molecule has 0 amide bonds. The Kier molecular flexibility index (Phi) is 1.38. The minimum Gasteiger partial charge on any atom is -0.260 e. The first-order chi connectivity index (χ1) is 5.36. The minimum atomic E-state index is -0.108. The molecule has 0 spiro atoms. The number of fused-ring (bicyclic) bond motifs is 1. The van der Waals surface area contributed by atoms with E-state index in [1.54, 1.807) is 18.6 Å². The third-order valence-electron chi connectivity index (χ3n) is 1.56. The summed E-state index contributed by atoms with van der Waals surface area (Å²) in [6.07, 6.45) is 4.85. The molecule has 4 heteroatoms. The number of nitrogens with zero attached hydrogens (tertiary/aromatic N) is 4. The lowest BCUT2D eigenvalue weighted by Crippen LogP contribution is -2.27. The van der Waals surface area contributed by atoms with Crippen LogP contribution in [0.1, 0.15) is 6.92 Å². The van der Waals surface area contributed by atoms with E-state index in [1.807, 2.05) is 6.92 Å². The van der Waals surface area contributed by atoms with E-state index in [-0.39, 0.29) is 12.3 Å². The van der Waals surface area contributed by atoms with Crippen LogP contribution in [0.4, 0.5) is 0 Å². The predicted molar refractivity (Wildman–Crippen MR) is 46.2 cm³/mol. The molecule has 0 bridgehead atoms. The van der Waals surface area contributed by atoms with Crippen molar-refractivity contribution in [1.29, 1.82) is 0 Å². The van der Waals surface area contributed by atoms with Gasteiger partial charge in [-0.15, -0.1) is 0 Å². The van der Waals surface area contributed by atoms with Crippen molar-refractivity contribution in [1.82, 2.24) is 0 Å². The average Bonchev–Trinajstić information content (AvgIpc) is 2.04. The lowest BCUT2D eigenvalue weighted by atomic mass is 10.3. The molecule has 4 nitrogen and oxygen atoms in total. The summed E-state index contributed by atoms with van der Waals surface area (Å²) in [5, 5.41) is 0. The van der Waals surface area contributed by atoms with Gasteiger partial charge in [0.2, 0.25) is 0 Å². The highest BCUT2D eigenvalue weighted by atomic mass is 15.2. The van der Waals surface area contributed by atoms with Gasteiger partial charge in [-0.3, -0.25) is 20.0 Å². The molecule has 2 atom stereocenters. The van der Waals surface area contributed by atoms with Crippen LogP contribution in [0.25, 0.3) is 0 Å². The predicted octanol–water partition coefficient (Wildman–Crippen LogP) is 0.339. The quantitative estimate of drug-likeness (QED) is 0.475. The Balaban J connectivity index is 2.29. The number of hydrogen-bond acceptors (Lipinski definition) is 4. The van der Waals surface area contributed by atoms with Crippen LogP contribution in [0.3, 0.4) is 0 Å². The molecule has 0 N–H and O–H groups in total. The zero-order chi connectivity index (χ0) is 7.68. The summed E-state index contributed by atoms with van der Waals surface area (Å²) in [4.78, 5) is 16.7. The van der Waals surface area contributed by atoms with Gasteiger partial charge in [-0.1, -0.05) is 0 Å². The second kappa shape index (κ2) is 2.38. The van der Waals surface area contributed by atoms with Gasteiger partial charge in [-0.25, -0.2) is 0 Å². The molecule has 0 saturated carbocycles. The van der Waals surface area contributed by atoms with E-state index >= 15 is 0 Å². The van der Waals surface area contributed by atoms with E-state index in [2.05, 4.69) is 20.0 Å². The fourth-order valence-electron chi connectivity index (χ4n) is 1.05. The molecule has 0 aromatic carbocycles. The van der Waals surface area contributed by atoms with Crippen molar-refractivity contribution in [3.8, 4) is 0 Å². The Morgan fingerprint density at radius 2 is 1.82 bits per heavy atom. The summed E-state index contributed by atoms with van der Waals surface area (Å²) in [6, 6.07) is 0. The Labute approximate surface area is 64.5 Å².